The van der Waals surface area contributed by atoms with Crippen LogP contribution in [0.2, 0.25) is 0 Å². The Hall–Kier alpha value is -1.85. The minimum Gasteiger partial charge on any atom is -0.375 e. The number of H-pyrrole nitrogens is 1. The van der Waals surface area contributed by atoms with Crippen molar-refractivity contribution in [1.82, 2.24) is 14.8 Å². The fraction of sp³-hybridized carbons (Fsp3) is 0.609. The number of amides is 1. The van der Waals surface area contributed by atoms with Gasteiger partial charge in [-0.25, -0.2) is 0 Å². The van der Waals surface area contributed by atoms with E-state index in [9.17, 15) is 4.79 Å². The molecule has 0 aliphatic carbocycles. The van der Waals surface area contributed by atoms with Crippen molar-refractivity contribution in [3.8, 4) is 0 Å². The van der Waals surface area contributed by atoms with Gasteiger partial charge in [0.1, 0.15) is 0 Å². The zero-order valence-corrected chi connectivity index (χ0v) is 17.2. The Bertz CT molecular complexity index is 805. The third kappa shape index (κ3) is 4.26. The first-order valence-electron chi connectivity index (χ1n) is 10.7. The summed E-state index contributed by atoms with van der Waals surface area (Å²) in [4.78, 5) is 20.5. The number of hydrogen-bond donors (Lipinski definition) is 1. The summed E-state index contributed by atoms with van der Waals surface area (Å²) < 4.78 is 6.28. The molecule has 5 nitrogen and oxygen atoms in total. The lowest BCUT2D eigenvalue weighted by Crippen LogP contribution is -2.51. The van der Waals surface area contributed by atoms with Gasteiger partial charge < -0.3 is 19.5 Å². The van der Waals surface area contributed by atoms with Gasteiger partial charge in [-0.15, -0.1) is 0 Å². The Balaban J connectivity index is 1.32. The van der Waals surface area contributed by atoms with E-state index in [4.69, 9.17) is 4.74 Å². The topological polar surface area (TPSA) is 48.6 Å². The van der Waals surface area contributed by atoms with Gasteiger partial charge in [0.05, 0.1) is 12.0 Å². The van der Waals surface area contributed by atoms with E-state index in [1.807, 2.05) is 23.2 Å². The number of hydrogen-bond acceptors (Lipinski definition) is 3. The molecule has 1 spiro atoms. The lowest BCUT2D eigenvalue weighted by Gasteiger charge is -2.46. The molecule has 1 aromatic carbocycles. The van der Waals surface area contributed by atoms with E-state index in [1.165, 1.54) is 12.8 Å². The minimum absolute atomic E-state index is 0.00674. The van der Waals surface area contributed by atoms with E-state index >= 15 is 0 Å². The Labute approximate surface area is 168 Å². The van der Waals surface area contributed by atoms with Gasteiger partial charge in [0.2, 0.25) is 5.91 Å². The summed E-state index contributed by atoms with van der Waals surface area (Å²) in [5, 5.41) is 1.16. The summed E-state index contributed by atoms with van der Waals surface area (Å²) in [7, 11) is 4.29. The summed E-state index contributed by atoms with van der Waals surface area (Å²) >= 11 is 0. The van der Waals surface area contributed by atoms with Gasteiger partial charge in [0.25, 0.3) is 0 Å². The quantitative estimate of drug-likeness (QED) is 0.860. The highest BCUT2D eigenvalue weighted by atomic mass is 16.5. The van der Waals surface area contributed by atoms with Crippen molar-refractivity contribution < 1.29 is 9.53 Å². The van der Waals surface area contributed by atoms with Crippen molar-refractivity contribution in [2.75, 3.05) is 40.3 Å². The molecule has 2 fully saturated rings. The van der Waals surface area contributed by atoms with E-state index in [-0.39, 0.29) is 11.5 Å². The molecular formula is C23H33N3O2. The standard InChI is InChI=1S/C23H33N3O2/c1-25(2)11-7-18-8-14-28-23(16-18)9-12-26(13-10-23)22(27)15-19-17-24-21-6-4-3-5-20(19)21/h3-6,17-18,24H,7-16H2,1-2H3. The second-order valence-corrected chi connectivity index (χ2v) is 8.90. The van der Waals surface area contributed by atoms with Crippen molar-refractivity contribution in [2.24, 2.45) is 5.92 Å². The highest BCUT2D eigenvalue weighted by molar-refractivity contribution is 5.88. The molecule has 1 amide bonds. The lowest BCUT2D eigenvalue weighted by molar-refractivity contribution is -0.147. The Morgan fingerprint density at radius 1 is 1.29 bits per heavy atom. The summed E-state index contributed by atoms with van der Waals surface area (Å²) in [6, 6.07) is 8.19. The van der Waals surface area contributed by atoms with Gasteiger partial charge in [0.15, 0.2) is 0 Å². The Kier molecular flexibility index (Phi) is 5.74. The van der Waals surface area contributed by atoms with Crippen molar-refractivity contribution in [3.05, 3.63) is 36.0 Å². The van der Waals surface area contributed by atoms with E-state index in [2.05, 4.69) is 36.1 Å². The number of nitrogens with zero attached hydrogens (tertiary/aromatic N) is 2. The van der Waals surface area contributed by atoms with E-state index in [1.54, 1.807) is 0 Å². The molecule has 0 saturated carbocycles. The Morgan fingerprint density at radius 2 is 2.07 bits per heavy atom. The van der Waals surface area contributed by atoms with Crippen LogP contribution in [0.15, 0.2) is 30.5 Å². The van der Waals surface area contributed by atoms with Crippen molar-refractivity contribution in [1.29, 1.82) is 0 Å². The SMILES string of the molecule is CN(C)CCC1CCOC2(CCN(C(=O)Cc3c[nH]c4ccccc34)CC2)C1. The van der Waals surface area contributed by atoms with Gasteiger partial charge in [-0.1, -0.05) is 18.2 Å². The molecule has 1 atom stereocenters. The number of nitrogens with one attached hydrogen (secondary N) is 1. The van der Waals surface area contributed by atoms with Gasteiger partial charge in [-0.2, -0.15) is 0 Å². The van der Waals surface area contributed by atoms with Gasteiger partial charge in [-0.3, -0.25) is 4.79 Å². The third-order valence-electron chi connectivity index (χ3n) is 6.62. The highest BCUT2D eigenvalue weighted by Crippen LogP contribution is 2.39. The summed E-state index contributed by atoms with van der Waals surface area (Å²) in [6.45, 7) is 3.67. The largest absolute Gasteiger partial charge is 0.375 e. The average molecular weight is 384 g/mol. The lowest BCUT2D eigenvalue weighted by atomic mass is 9.78. The number of aromatic amines is 1. The number of benzene rings is 1. The first kappa shape index (κ1) is 19.5. The summed E-state index contributed by atoms with van der Waals surface area (Å²) in [5.41, 5.74) is 2.20. The molecule has 2 aromatic rings. The minimum atomic E-state index is 0.00674. The molecule has 2 aliphatic rings. The van der Waals surface area contributed by atoms with Crippen molar-refractivity contribution >= 4 is 16.8 Å². The van der Waals surface area contributed by atoms with Crippen molar-refractivity contribution in [3.63, 3.8) is 0 Å². The van der Waals surface area contributed by atoms with Crippen LogP contribution in [-0.2, 0) is 16.0 Å². The maximum atomic E-state index is 12.9. The summed E-state index contributed by atoms with van der Waals surface area (Å²) in [6.07, 6.45) is 8.00. The first-order chi connectivity index (χ1) is 13.5. The molecule has 2 aliphatic heterocycles. The van der Waals surface area contributed by atoms with Crippen LogP contribution in [0, 0.1) is 5.92 Å². The molecule has 4 rings (SSSR count). The molecule has 0 radical (unpaired) electrons. The molecular weight excluding hydrogens is 350 g/mol. The van der Waals surface area contributed by atoms with Gasteiger partial charge in [0, 0.05) is 36.8 Å². The van der Waals surface area contributed by atoms with E-state index < -0.39 is 0 Å². The number of carbonyl (C=O) groups is 1. The monoisotopic (exact) mass is 383 g/mol. The van der Waals surface area contributed by atoms with Crippen LogP contribution in [0.5, 0.6) is 0 Å². The fourth-order valence-electron chi connectivity index (χ4n) is 4.88. The molecule has 1 aromatic heterocycles. The van der Waals surface area contributed by atoms with E-state index in [0.29, 0.717) is 6.42 Å². The maximum Gasteiger partial charge on any atom is 0.227 e. The van der Waals surface area contributed by atoms with Crippen LogP contribution in [0.1, 0.15) is 37.7 Å². The molecule has 152 valence electrons. The molecule has 28 heavy (non-hydrogen) atoms. The molecule has 1 unspecified atom stereocenters. The van der Waals surface area contributed by atoms with E-state index in [0.717, 1.165) is 67.9 Å². The number of rotatable bonds is 5. The van der Waals surface area contributed by atoms with Crippen LogP contribution in [0.25, 0.3) is 10.9 Å². The van der Waals surface area contributed by atoms with Crippen LogP contribution in [-0.4, -0.2) is 66.6 Å². The predicted molar refractivity (Wildman–Crippen MR) is 112 cm³/mol. The summed E-state index contributed by atoms with van der Waals surface area (Å²) in [5.74, 6) is 0.990. The second kappa shape index (κ2) is 8.26. The van der Waals surface area contributed by atoms with Crippen LogP contribution in [0.3, 0.4) is 0 Å². The molecule has 0 bridgehead atoms. The second-order valence-electron chi connectivity index (χ2n) is 8.90. The molecule has 2 saturated heterocycles. The molecule has 5 heteroatoms. The smallest absolute Gasteiger partial charge is 0.227 e. The van der Waals surface area contributed by atoms with Crippen LogP contribution in [0.4, 0.5) is 0 Å². The van der Waals surface area contributed by atoms with Gasteiger partial charge in [-0.05, 0) is 70.3 Å². The first-order valence-corrected chi connectivity index (χ1v) is 10.7. The highest BCUT2D eigenvalue weighted by Gasteiger charge is 2.40. The maximum absolute atomic E-state index is 12.9. The number of piperidine rings is 1. The van der Waals surface area contributed by atoms with Crippen molar-refractivity contribution in [2.45, 2.75) is 44.1 Å². The van der Waals surface area contributed by atoms with Gasteiger partial charge >= 0.3 is 0 Å². The third-order valence-corrected chi connectivity index (χ3v) is 6.62. The zero-order chi connectivity index (χ0) is 19.6. The number of para-hydroxylation sites is 1. The number of fused-ring (bicyclic) bond motifs is 1. The normalized spacial score (nSPS) is 22.2. The zero-order valence-electron chi connectivity index (χ0n) is 17.2. The Morgan fingerprint density at radius 3 is 2.86 bits per heavy atom. The molecule has 3 heterocycles. The predicted octanol–water partition coefficient (Wildman–Crippen LogP) is 3.45. The number of likely N-dealkylation sites (tertiary alicyclic amines) is 1. The number of aromatic nitrogens is 1. The van der Waals surface area contributed by atoms with Crippen LogP contribution >= 0.6 is 0 Å². The van der Waals surface area contributed by atoms with Crippen LogP contribution < -0.4 is 0 Å². The number of carbonyl (C=O) groups excluding carboxylic acids is 1. The number of ether oxygens (including phenoxy) is 1. The molecule has 1 N–H and O–H groups in total. The fourth-order valence-corrected chi connectivity index (χ4v) is 4.88. The average Bonchev–Trinajstić information content (AvgIpc) is 3.10.